The summed E-state index contributed by atoms with van der Waals surface area (Å²) >= 11 is 5.31. The predicted molar refractivity (Wildman–Crippen MR) is 100.0 cm³/mol. The molecule has 2 unspecified atom stereocenters. The summed E-state index contributed by atoms with van der Waals surface area (Å²) in [4.78, 5) is 16.4. The highest BCUT2D eigenvalue weighted by Gasteiger charge is 2.33. The fourth-order valence-electron chi connectivity index (χ4n) is 3.15. The number of hydrogen-bond acceptors (Lipinski definition) is 3. The Morgan fingerprint density at radius 3 is 2.96 bits per heavy atom. The zero-order valence-corrected chi connectivity index (χ0v) is 15.8. The lowest BCUT2D eigenvalue weighted by Gasteiger charge is -2.29. The summed E-state index contributed by atoms with van der Waals surface area (Å²) in [6.07, 6.45) is 2.28. The van der Waals surface area contributed by atoms with Crippen molar-refractivity contribution >= 4 is 38.9 Å². The first-order valence-corrected chi connectivity index (χ1v) is 9.59. The van der Waals surface area contributed by atoms with Crippen molar-refractivity contribution < 1.29 is 4.79 Å². The summed E-state index contributed by atoms with van der Waals surface area (Å²) in [6.45, 7) is 5.02. The molecular weight excluding hydrogens is 372 g/mol. The number of likely N-dealkylation sites (tertiary alicyclic amines) is 1. The van der Waals surface area contributed by atoms with Crippen molar-refractivity contribution in [3.63, 3.8) is 0 Å². The number of rotatable bonds is 4. The average Bonchev–Trinajstić information content (AvgIpc) is 3.19. The molecule has 5 heteroatoms. The van der Waals surface area contributed by atoms with Crippen LogP contribution in [0.2, 0.25) is 0 Å². The number of benzene rings is 1. The number of amides is 1. The largest absolute Gasteiger partial charge is 0.324 e. The van der Waals surface area contributed by atoms with Gasteiger partial charge in [0.05, 0.1) is 11.7 Å². The molecule has 1 aromatic heterocycles. The Morgan fingerprint density at radius 1 is 1.43 bits per heavy atom. The molecule has 1 aliphatic heterocycles. The molecule has 1 saturated heterocycles. The van der Waals surface area contributed by atoms with Gasteiger partial charge in [-0.25, -0.2) is 0 Å². The quantitative estimate of drug-likeness (QED) is 0.794. The Labute approximate surface area is 149 Å². The smallest absolute Gasteiger partial charge is 0.241 e. The molecule has 23 heavy (non-hydrogen) atoms. The summed E-state index contributed by atoms with van der Waals surface area (Å²) in [6, 6.07) is 10.5. The first-order valence-electron chi connectivity index (χ1n) is 7.92. The predicted octanol–water partition coefficient (Wildman–Crippen LogP) is 4.98. The van der Waals surface area contributed by atoms with E-state index in [2.05, 4.69) is 43.7 Å². The van der Waals surface area contributed by atoms with Gasteiger partial charge in [0.25, 0.3) is 0 Å². The summed E-state index contributed by atoms with van der Waals surface area (Å²) in [5.74, 6) is 0.0537. The van der Waals surface area contributed by atoms with Gasteiger partial charge < -0.3 is 5.32 Å². The van der Waals surface area contributed by atoms with Gasteiger partial charge in [-0.1, -0.05) is 12.1 Å². The average molecular weight is 393 g/mol. The molecule has 2 heterocycles. The first-order chi connectivity index (χ1) is 11.1. The zero-order chi connectivity index (χ0) is 16.4. The maximum absolute atomic E-state index is 12.7. The number of anilines is 1. The monoisotopic (exact) mass is 392 g/mol. The van der Waals surface area contributed by atoms with Gasteiger partial charge in [-0.2, -0.15) is 0 Å². The SMILES string of the molecule is Cc1ccc(NC(=O)C(C)N2CCCC2c2cccs2)c(Br)c1. The van der Waals surface area contributed by atoms with Crippen LogP contribution in [0.25, 0.3) is 0 Å². The zero-order valence-electron chi connectivity index (χ0n) is 13.4. The first kappa shape index (κ1) is 16.7. The standard InChI is InChI=1S/C18H21BrN2OS/c1-12-7-8-15(14(19)11-12)20-18(22)13(2)21-9-3-5-16(21)17-6-4-10-23-17/h4,6-8,10-11,13,16H,3,5,9H2,1-2H3,(H,20,22). The molecule has 3 rings (SSSR count). The van der Waals surface area contributed by atoms with E-state index in [-0.39, 0.29) is 11.9 Å². The highest BCUT2D eigenvalue weighted by atomic mass is 79.9. The van der Waals surface area contributed by atoms with Crippen molar-refractivity contribution in [1.82, 2.24) is 4.90 Å². The second-order valence-electron chi connectivity index (χ2n) is 6.06. The minimum atomic E-state index is -0.141. The molecule has 1 fully saturated rings. The minimum Gasteiger partial charge on any atom is -0.324 e. The van der Waals surface area contributed by atoms with E-state index in [9.17, 15) is 4.79 Å². The second-order valence-corrected chi connectivity index (χ2v) is 7.89. The van der Waals surface area contributed by atoms with Crippen molar-refractivity contribution in [2.24, 2.45) is 0 Å². The van der Waals surface area contributed by atoms with Crippen LogP contribution in [0, 0.1) is 6.92 Å². The van der Waals surface area contributed by atoms with Crippen molar-refractivity contribution in [2.75, 3.05) is 11.9 Å². The third-order valence-electron chi connectivity index (χ3n) is 4.43. The Morgan fingerprint density at radius 2 is 2.26 bits per heavy atom. The molecule has 0 spiro atoms. The summed E-state index contributed by atoms with van der Waals surface area (Å²) < 4.78 is 0.925. The van der Waals surface area contributed by atoms with Crippen LogP contribution in [-0.2, 0) is 4.79 Å². The van der Waals surface area contributed by atoms with Crippen molar-refractivity contribution in [1.29, 1.82) is 0 Å². The Kier molecular flexibility index (Phi) is 5.19. The number of carbonyl (C=O) groups is 1. The van der Waals surface area contributed by atoms with Crippen LogP contribution in [0.15, 0.2) is 40.2 Å². The lowest BCUT2D eigenvalue weighted by atomic mass is 10.1. The van der Waals surface area contributed by atoms with E-state index in [1.165, 1.54) is 10.4 Å². The molecule has 1 aromatic carbocycles. The third kappa shape index (κ3) is 3.67. The van der Waals surface area contributed by atoms with Crippen LogP contribution >= 0.6 is 27.3 Å². The van der Waals surface area contributed by atoms with E-state index >= 15 is 0 Å². The fourth-order valence-corrected chi connectivity index (χ4v) is 4.62. The molecule has 0 aliphatic carbocycles. The van der Waals surface area contributed by atoms with Crippen molar-refractivity contribution in [3.8, 4) is 0 Å². The van der Waals surface area contributed by atoms with Gasteiger partial charge in [0.1, 0.15) is 0 Å². The van der Waals surface area contributed by atoms with Crippen LogP contribution in [-0.4, -0.2) is 23.4 Å². The Bertz CT molecular complexity index is 686. The number of nitrogens with one attached hydrogen (secondary N) is 1. The van der Waals surface area contributed by atoms with Crippen molar-refractivity contribution in [2.45, 2.75) is 38.8 Å². The topological polar surface area (TPSA) is 32.3 Å². The Balaban J connectivity index is 1.71. The van der Waals surface area contributed by atoms with Crippen LogP contribution in [0.3, 0.4) is 0 Å². The minimum absolute atomic E-state index is 0.0537. The molecule has 0 saturated carbocycles. The van der Waals surface area contributed by atoms with E-state index in [0.29, 0.717) is 6.04 Å². The molecule has 0 bridgehead atoms. The molecule has 1 N–H and O–H groups in total. The van der Waals surface area contributed by atoms with Crippen molar-refractivity contribution in [3.05, 3.63) is 50.6 Å². The van der Waals surface area contributed by atoms with E-state index in [4.69, 9.17) is 0 Å². The summed E-state index contributed by atoms with van der Waals surface area (Å²) in [7, 11) is 0. The number of carbonyl (C=O) groups excluding carboxylic acids is 1. The van der Waals surface area contributed by atoms with Gasteiger partial charge in [0, 0.05) is 15.4 Å². The molecule has 1 amide bonds. The number of aryl methyl sites for hydroxylation is 1. The fraction of sp³-hybridized carbons (Fsp3) is 0.389. The number of halogens is 1. The molecule has 0 radical (unpaired) electrons. The molecule has 2 aromatic rings. The molecule has 1 aliphatic rings. The number of nitrogens with zero attached hydrogens (tertiary/aromatic N) is 1. The number of thiophene rings is 1. The van der Waals surface area contributed by atoms with Gasteiger partial charge in [-0.05, 0) is 78.3 Å². The molecular formula is C18H21BrN2OS. The second kappa shape index (κ2) is 7.16. The normalized spacial score (nSPS) is 19.7. The molecule has 2 atom stereocenters. The molecule has 122 valence electrons. The lowest BCUT2D eigenvalue weighted by Crippen LogP contribution is -2.41. The van der Waals surface area contributed by atoms with Crippen LogP contribution in [0.5, 0.6) is 0 Å². The highest BCUT2D eigenvalue weighted by Crippen LogP contribution is 2.36. The summed E-state index contributed by atoms with van der Waals surface area (Å²) in [5, 5.41) is 5.17. The Hall–Kier alpha value is -1.17. The van der Waals surface area contributed by atoms with Gasteiger partial charge in [0.15, 0.2) is 0 Å². The summed E-state index contributed by atoms with van der Waals surface area (Å²) in [5.41, 5.74) is 2.00. The van der Waals surface area contributed by atoms with E-state index < -0.39 is 0 Å². The van der Waals surface area contributed by atoms with Gasteiger partial charge in [-0.3, -0.25) is 9.69 Å². The van der Waals surface area contributed by atoms with Crippen LogP contribution in [0.1, 0.15) is 36.2 Å². The maximum atomic E-state index is 12.7. The van der Waals surface area contributed by atoms with Gasteiger partial charge in [0.2, 0.25) is 5.91 Å². The van der Waals surface area contributed by atoms with E-state index in [1.54, 1.807) is 11.3 Å². The maximum Gasteiger partial charge on any atom is 0.241 e. The highest BCUT2D eigenvalue weighted by molar-refractivity contribution is 9.10. The van der Waals surface area contributed by atoms with Gasteiger partial charge in [-0.15, -0.1) is 11.3 Å². The van der Waals surface area contributed by atoms with E-state index in [1.807, 2.05) is 32.0 Å². The van der Waals surface area contributed by atoms with Crippen LogP contribution in [0.4, 0.5) is 5.69 Å². The van der Waals surface area contributed by atoms with Crippen LogP contribution < -0.4 is 5.32 Å². The lowest BCUT2D eigenvalue weighted by molar-refractivity contribution is -0.121. The number of hydrogen-bond donors (Lipinski definition) is 1. The molecule has 3 nitrogen and oxygen atoms in total. The third-order valence-corrected chi connectivity index (χ3v) is 6.05. The van der Waals surface area contributed by atoms with E-state index in [0.717, 1.165) is 29.5 Å². The van der Waals surface area contributed by atoms with Gasteiger partial charge >= 0.3 is 0 Å².